The summed E-state index contributed by atoms with van der Waals surface area (Å²) >= 11 is 1.30. The maximum absolute atomic E-state index is 12.6. The Morgan fingerprint density at radius 2 is 1.69 bits per heavy atom. The van der Waals surface area contributed by atoms with E-state index in [1.54, 1.807) is 6.07 Å². The van der Waals surface area contributed by atoms with Gasteiger partial charge in [-0.15, -0.1) is 11.3 Å². The van der Waals surface area contributed by atoms with Crippen LogP contribution in [0.15, 0.2) is 54.6 Å². The molecule has 0 saturated carbocycles. The molecular weight excluding hydrogens is 346 g/mol. The first-order chi connectivity index (χ1) is 12.5. The van der Waals surface area contributed by atoms with Crippen molar-refractivity contribution >= 4 is 28.9 Å². The largest absolute Gasteiger partial charge is 0.465 e. The van der Waals surface area contributed by atoms with Crippen molar-refractivity contribution in [1.82, 2.24) is 0 Å². The van der Waals surface area contributed by atoms with Crippen LogP contribution in [0.2, 0.25) is 0 Å². The number of methoxy groups -OCH3 is 1. The van der Waals surface area contributed by atoms with E-state index >= 15 is 0 Å². The Hall–Kier alpha value is -2.92. The topological polar surface area (TPSA) is 55.4 Å². The Labute approximate surface area is 156 Å². The minimum absolute atomic E-state index is 0.254. The highest BCUT2D eigenvalue weighted by Crippen LogP contribution is 2.35. The number of thiophene rings is 1. The van der Waals surface area contributed by atoms with Crippen molar-refractivity contribution in [3.63, 3.8) is 0 Å². The zero-order valence-corrected chi connectivity index (χ0v) is 15.6. The van der Waals surface area contributed by atoms with Crippen LogP contribution in [0.3, 0.4) is 0 Å². The van der Waals surface area contributed by atoms with E-state index in [2.05, 4.69) is 5.32 Å². The highest BCUT2D eigenvalue weighted by atomic mass is 32.1. The van der Waals surface area contributed by atoms with E-state index < -0.39 is 5.97 Å². The molecule has 0 radical (unpaired) electrons. The highest BCUT2D eigenvalue weighted by molar-refractivity contribution is 7.18. The summed E-state index contributed by atoms with van der Waals surface area (Å²) in [5.74, 6) is -0.719. The Bertz CT molecular complexity index is 961. The Kier molecular flexibility index (Phi) is 5.19. The molecule has 132 valence electrons. The monoisotopic (exact) mass is 365 g/mol. The summed E-state index contributed by atoms with van der Waals surface area (Å²) in [7, 11) is 1.33. The molecule has 0 aliphatic rings. The minimum Gasteiger partial charge on any atom is -0.465 e. The van der Waals surface area contributed by atoms with Gasteiger partial charge in [-0.25, -0.2) is 4.79 Å². The van der Waals surface area contributed by atoms with Crippen LogP contribution >= 0.6 is 11.3 Å². The Morgan fingerprint density at radius 1 is 0.962 bits per heavy atom. The predicted octanol–water partition coefficient (Wildman–Crippen LogP) is 5.07. The molecule has 1 N–H and O–H groups in total. The van der Waals surface area contributed by atoms with E-state index in [-0.39, 0.29) is 5.91 Å². The fourth-order valence-electron chi connectivity index (χ4n) is 2.55. The number of nitrogens with one attached hydrogen (secondary N) is 1. The number of ether oxygens (including phenoxy) is 1. The lowest BCUT2D eigenvalue weighted by Gasteiger charge is -2.07. The minimum atomic E-state index is -0.465. The van der Waals surface area contributed by atoms with Gasteiger partial charge in [0.05, 0.1) is 12.8 Å². The van der Waals surface area contributed by atoms with Gasteiger partial charge in [0.25, 0.3) is 5.91 Å². The van der Waals surface area contributed by atoms with E-state index in [4.69, 9.17) is 4.74 Å². The summed E-state index contributed by atoms with van der Waals surface area (Å²) in [5.41, 5.74) is 4.16. The standard InChI is InChI=1S/C21H19NO3S/c1-13-9-10-16(11-14(13)2)20(23)22-17-12-18(15-7-5-4-6-8-15)26-19(17)21(24)25-3/h4-12H,1-3H3,(H,22,23). The molecule has 0 spiro atoms. The highest BCUT2D eigenvalue weighted by Gasteiger charge is 2.20. The fraction of sp³-hybridized carbons (Fsp3) is 0.143. The summed E-state index contributed by atoms with van der Waals surface area (Å²) in [4.78, 5) is 26.0. The molecule has 0 atom stereocenters. The van der Waals surface area contributed by atoms with Crippen LogP contribution in [0.25, 0.3) is 10.4 Å². The molecule has 4 nitrogen and oxygen atoms in total. The number of rotatable bonds is 4. The van der Waals surface area contributed by atoms with Gasteiger partial charge in [-0.3, -0.25) is 4.79 Å². The third-order valence-electron chi connectivity index (χ3n) is 4.18. The van der Waals surface area contributed by atoms with Gasteiger partial charge in [0.15, 0.2) is 0 Å². The molecule has 5 heteroatoms. The number of hydrogen-bond acceptors (Lipinski definition) is 4. The second-order valence-electron chi connectivity index (χ2n) is 5.96. The van der Waals surface area contributed by atoms with Crippen LogP contribution in [-0.4, -0.2) is 19.0 Å². The lowest BCUT2D eigenvalue weighted by Crippen LogP contribution is -2.14. The van der Waals surface area contributed by atoms with E-state index in [1.165, 1.54) is 18.4 Å². The third-order valence-corrected chi connectivity index (χ3v) is 5.34. The number of esters is 1. The second kappa shape index (κ2) is 7.54. The molecule has 3 aromatic rings. The normalized spacial score (nSPS) is 10.4. The summed E-state index contributed by atoms with van der Waals surface area (Å²) in [6.45, 7) is 3.96. The lowest BCUT2D eigenvalue weighted by molar-refractivity contribution is 0.0607. The number of aryl methyl sites for hydroxylation is 2. The van der Waals surface area contributed by atoms with Gasteiger partial charge < -0.3 is 10.1 Å². The number of hydrogen-bond donors (Lipinski definition) is 1. The van der Waals surface area contributed by atoms with Crippen molar-refractivity contribution in [3.8, 4) is 10.4 Å². The van der Waals surface area contributed by atoms with Gasteiger partial charge in [-0.05, 0) is 48.7 Å². The van der Waals surface area contributed by atoms with Crippen LogP contribution in [0.4, 0.5) is 5.69 Å². The zero-order chi connectivity index (χ0) is 18.7. The summed E-state index contributed by atoms with van der Waals surface area (Å²) in [6, 6.07) is 17.1. The van der Waals surface area contributed by atoms with Gasteiger partial charge in [0.2, 0.25) is 0 Å². The van der Waals surface area contributed by atoms with E-state index in [9.17, 15) is 9.59 Å². The van der Waals surface area contributed by atoms with E-state index in [0.29, 0.717) is 16.1 Å². The van der Waals surface area contributed by atoms with Gasteiger partial charge >= 0.3 is 5.97 Å². The zero-order valence-electron chi connectivity index (χ0n) is 14.8. The van der Waals surface area contributed by atoms with Crippen LogP contribution in [0.5, 0.6) is 0 Å². The fourth-order valence-corrected chi connectivity index (χ4v) is 3.59. The summed E-state index contributed by atoms with van der Waals surface area (Å²) in [6.07, 6.45) is 0. The number of anilines is 1. The maximum Gasteiger partial charge on any atom is 0.350 e. The van der Waals surface area contributed by atoms with Gasteiger partial charge in [-0.2, -0.15) is 0 Å². The lowest BCUT2D eigenvalue weighted by atomic mass is 10.1. The summed E-state index contributed by atoms with van der Waals surface area (Å²) in [5, 5.41) is 2.85. The molecule has 1 amide bonds. The molecule has 26 heavy (non-hydrogen) atoms. The van der Waals surface area contributed by atoms with E-state index in [0.717, 1.165) is 21.6 Å². The van der Waals surface area contributed by atoms with Crippen LogP contribution in [0, 0.1) is 13.8 Å². The van der Waals surface area contributed by atoms with E-state index in [1.807, 2.05) is 62.4 Å². The van der Waals surface area contributed by atoms with Crippen molar-refractivity contribution in [2.75, 3.05) is 12.4 Å². The first-order valence-corrected chi connectivity index (χ1v) is 8.97. The third kappa shape index (κ3) is 3.68. The average Bonchev–Trinajstić information content (AvgIpc) is 3.07. The van der Waals surface area contributed by atoms with Crippen molar-refractivity contribution in [1.29, 1.82) is 0 Å². The van der Waals surface area contributed by atoms with Crippen molar-refractivity contribution in [2.45, 2.75) is 13.8 Å². The van der Waals surface area contributed by atoms with Gasteiger partial charge in [0, 0.05) is 10.4 Å². The van der Waals surface area contributed by atoms with Crippen LogP contribution in [-0.2, 0) is 4.74 Å². The SMILES string of the molecule is COC(=O)c1sc(-c2ccccc2)cc1NC(=O)c1ccc(C)c(C)c1. The van der Waals surface area contributed by atoms with Crippen molar-refractivity contribution in [2.24, 2.45) is 0 Å². The number of benzene rings is 2. The Morgan fingerprint density at radius 3 is 2.35 bits per heavy atom. The molecule has 1 heterocycles. The van der Waals surface area contributed by atoms with Gasteiger partial charge in [0.1, 0.15) is 4.88 Å². The number of carbonyl (C=O) groups is 2. The molecule has 0 aliphatic heterocycles. The molecule has 0 aliphatic carbocycles. The quantitative estimate of drug-likeness (QED) is 0.657. The molecule has 3 rings (SSSR count). The molecule has 0 fully saturated rings. The second-order valence-corrected chi connectivity index (χ2v) is 7.02. The smallest absolute Gasteiger partial charge is 0.350 e. The van der Waals surface area contributed by atoms with Crippen LogP contribution in [0.1, 0.15) is 31.2 Å². The molecule has 1 aromatic heterocycles. The maximum atomic E-state index is 12.6. The van der Waals surface area contributed by atoms with Crippen molar-refractivity contribution in [3.05, 3.63) is 76.2 Å². The van der Waals surface area contributed by atoms with Crippen molar-refractivity contribution < 1.29 is 14.3 Å². The molecule has 0 bridgehead atoms. The Balaban J connectivity index is 1.95. The molecule has 0 saturated heterocycles. The number of amides is 1. The first kappa shape index (κ1) is 17.9. The number of carbonyl (C=O) groups excluding carboxylic acids is 2. The van der Waals surface area contributed by atoms with Gasteiger partial charge in [-0.1, -0.05) is 36.4 Å². The molecular formula is C21H19NO3S. The average molecular weight is 365 g/mol. The predicted molar refractivity (Wildman–Crippen MR) is 105 cm³/mol. The van der Waals surface area contributed by atoms with Crippen LogP contribution < -0.4 is 5.32 Å². The molecule has 2 aromatic carbocycles. The molecule has 0 unspecified atom stereocenters. The first-order valence-electron chi connectivity index (χ1n) is 8.15. The summed E-state index contributed by atoms with van der Waals surface area (Å²) < 4.78 is 4.87.